The summed E-state index contributed by atoms with van der Waals surface area (Å²) < 4.78 is 29.1. The van der Waals surface area contributed by atoms with Crippen molar-refractivity contribution in [1.82, 2.24) is 4.90 Å². The topological polar surface area (TPSA) is 89.7 Å². The molecule has 0 saturated heterocycles. The highest BCUT2D eigenvalue weighted by Crippen LogP contribution is 2.26. The molecule has 2 N–H and O–H groups in total. The molecule has 1 amide bonds. The predicted octanol–water partition coefficient (Wildman–Crippen LogP) is 3.26. The Kier molecular flexibility index (Phi) is 7.02. The first-order chi connectivity index (χ1) is 12.6. The van der Waals surface area contributed by atoms with E-state index in [1.807, 2.05) is 25.1 Å². The van der Waals surface area contributed by atoms with Crippen LogP contribution in [0.4, 0.5) is 0 Å². The number of halogens is 1. The number of carbonyl (C=O) groups excluding carboxylic acids is 1. The van der Waals surface area contributed by atoms with E-state index in [0.717, 1.165) is 15.8 Å². The van der Waals surface area contributed by atoms with E-state index in [4.69, 9.17) is 9.88 Å². The number of aryl methyl sites for hydroxylation is 1. The number of hydrogen-bond donors (Lipinski definition) is 1. The van der Waals surface area contributed by atoms with E-state index >= 15 is 0 Å². The first-order valence-electron chi connectivity index (χ1n) is 8.34. The molecule has 2 aromatic rings. The fourth-order valence-electron chi connectivity index (χ4n) is 2.68. The highest BCUT2D eigenvalue weighted by Gasteiger charge is 2.19. The summed E-state index contributed by atoms with van der Waals surface area (Å²) in [6.07, 6.45) is 0.935. The van der Waals surface area contributed by atoms with Crippen molar-refractivity contribution in [3.05, 3.63) is 58.1 Å². The summed E-state index contributed by atoms with van der Waals surface area (Å²) in [4.78, 5) is 14.2. The largest absolute Gasteiger partial charge is 0.496 e. The number of methoxy groups -OCH3 is 1. The van der Waals surface area contributed by atoms with Crippen LogP contribution in [0.25, 0.3) is 0 Å². The Labute approximate surface area is 168 Å². The van der Waals surface area contributed by atoms with E-state index in [1.165, 1.54) is 12.1 Å². The minimum atomic E-state index is -3.78. The zero-order valence-electron chi connectivity index (χ0n) is 15.5. The zero-order valence-corrected chi connectivity index (χ0v) is 17.9. The molecule has 0 fully saturated rings. The SMILES string of the molecule is COc1ccc(CCC(=O)N(C)C(C)c2cccc(S(N)(=O)=O)c2)cc1Br. The van der Waals surface area contributed by atoms with Crippen molar-refractivity contribution in [2.24, 2.45) is 5.14 Å². The Bertz CT molecular complexity index is 931. The molecular formula is C19H23BrN2O4S. The molecule has 0 spiro atoms. The van der Waals surface area contributed by atoms with Crippen molar-refractivity contribution in [2.75, 3.05) is 14.2 Å². The molecule has 0 heterocycles. The average molecular weight is 455 g/mol. The molecule has 146 valence electrons. The van der Waals surface area contributed by atoms with Gasteiger partial charge in [-0.1, -0.05) is 18.2 Å². The van der Waals surface area contributed by atoms with E-state index in [1.54, 1.807) is 31.2 Å². The summed E-state index contributed by atoms with van der Waals surface area (Å²) in [6.45, 7) is 1.85. The third-order valence-corrected chi connectivity index (χ3v) is 6.02. The van der Waals surface area contributed by atoms with Crippen LogP contribution in [0.1, 0.15) is 30.5 Å². The molecule has 6 nitrogen and oxygen atoms in total. The number of ether oxygens (including phenoxy) is 1. The summed E-state index contributed by atoms with van der Waals surface area (Å²) in [6, 6.07) is 11.8. The maximum Gasteiger partial charge on any atom is 0.238 e. The minimum absolute atomic E-state index is 0.0320. The third-order valence-electron chi connectivity index (χ3n) is 4.49. The third kappa shape index (κ3) is 5.54. The van der Waals surface area contributed by atoms with Crippen molar-refractivity contribution < 1.29 is 17.9 Å². The number of rotatable bonds is 7. The molecule has 8 heteroatoms. The summed E-state index contributed by atoms with van der Waals surface area (Å²) in [5.74, 6) is 0.709. The lowest BCUT2D eigenvalue weighted by Gasteiger charge is -2.26. The second-order valence-electron chi connectivity index (χ2n) is 6.27. The Balaban J connectivity index is 2.05. The Morgan fingerprint density at radius 3 is 2.56 bits per heavy atom. The molecule has 2 rings (SSSR count). The van der Waals surface area contributed by atoms with E-state index in [2.05, 4.69) is 15.9 Å². The smallest absolute Gasteiger partial charge is 0.238 e. The van der Waals surface area contributed by atoms with Gasteiger partial charge < -0.3 is 9.64 Å². The van der Waals surface area contributed by atoms with Crippen molar-refractivity contribution in [3.8, 4) is 5.75 Å². The molecule has 0 aromatic heterocycles. The van der Waals surface area contributed by atoms with Gasteiger partial charge in [-0.2, -0.15) is 0 Å². The van der Waals surface area contributed by atoms with Gasteiger partial charge in [0.2, 0.25) is 15.9 Å². The first-order valence-corrected chi connectivity index (χ1v) is 10.7. The van der Waals surface area contributed by atoms with Gasteiger partial charge in [0.15, 0.2) is 0 Å². The van der Waals surface area contributed by atoms with Crippen LogP contribution >= 0.6 is 15.9 Å². The molecular weight excluding hydrogens is 432 g/mol. The zero-order chi connectivity index (χ0) is 20.2. The van der Waals surface area contributed by atoms with Crippen LogP contribution in [-0.4, -0.2) is 33.4 Å². The summed E-state index contributed by atoms with van der Waals surface area (Å²) >= 11 is 3.44. The van der Waals surface area contributed by atoms with Gasteiger partial charge >= 0.3 is 0 Å². The minimum Gasteiger partial charge on any atom is -0.496 e. The number of nitrogens with zero attached hydrogens (tertiary/aromatic N) is 1. The van der Waals surface area contributed by atoms with Crippen LogP contribution in [0.5, 0.6) is 5.75 Å². The number of hydrogen-bond acceptors (Lipinski definition) is 4. The summed E-state index contributed by atoms with van der Waals surface area (Å²) in [7, 11) is -0.468. The molecule has 0 aliphatic rings. The van der Waals surface area contributed by atoms with E-state index in [9.17, 15) is 13.2 Å². The van der Waals surface area contributed by atoms with Crippen molar-refractivity contribution in [1.29, 1.82) is 0 Å². The van der Waals surface area contributed by atoms with Gasteiger partial charge in [0.25, 0.3) is 0 Å². The lowest BCUT2D eigenvalue weighted by atomic mass is 10.1. The second kappa shape index (κ2) is 8.86. The van der Waals surface area contributed by atoms with Crippen LogP contribution in [-0.2, 0) is 21.2 Å². The van der Waals surface area contributed by atoms with Gasteiger partial charge in [0, 0.05) is 13.5 Å². The van der Waals surface area contributed by atoms with Gasteiger partial charge in [-0.15, -0.1) is 0 Å². The number of primary sulfonamides is 1. The molecule has 27 heavy (non-hydrogen) atoms. The fraction of sp³-hybridized carbons (Fsp3) is 0.316. The molecule has 0 saturated carbocycles. The number of sulfonamides is 1. The Morgan fingerprint density at radius 1 is 1.26 bits per heavy atom. The highest BCUT2D eigenvalue weighted by molar-refractivity contribution is 9.10. The van der Waals surface area contributed by atoms with Crippen LogP contribution in [0.2, 0.25) is 0 Å². The summed E-state index contributed by atoms with van der Waals surface area (Å²) in [5.41, 5.74) is 1.73. The number of carbonyl (C=O) groups is 1. The molecule has 0 bridgehead atoms. The molecule has 0 aliphatic heterocycles. The van der Waals surface area contributed by atoms with Crippen molar-refractivity contribution >= 4 is 31.9 Å². The highest BCUT2D eigenvalue weighted by atomic mass is 79.9. The van der Waals surface area contributed by atoms with Gasteiger partial charge in [0.1, 0.15) is 5.75 Å². The summed E-state index contributed by atoms with van der Waals surface area (Å²) in [5, 5.41) is 5.19. The molecule has 1 unspecified atom stereocenters. The first kappa shape index (κ1) is 21.4. The van der Waals surface area contributed by atoms with Crippen molar-refractivity contribution in [3.63, 3.8) is 0 Å². The molecule has 0 aliphatic carbocycles. The van der Waals surface area contributed by atoms with E-state index < -0.39 is 10.0 Å². The number of nitrogens with two attached hydrogens (primary N) is 1. The maximum absolute atomic E-state index is 12.6. The standard InChI is InChI=1S/C19H23BrN2O4S/c1-13(15-5-4-6-16(12-15)27(21,24)25)22(2)19(23)10-8-14-7-9-18(26-3)17(20)11-14/h4-7,9,11-13H,8,10H2,1-3H3,(H2,21,24,25). The van der Waals surface area contributed by atoms with Gasteiger partial charge in [0.05, 0.1) is 22.5 Å². The van der Waals surface area contributed by atoms with E-state index in [-0.39, 0.29) is 16.8 Å². The van der Waals surface area contributed by atoms with Gasteiger partial charge in [-0.3, -0.25) is 4.79 Å². The van der Waals surface area contributed by atoms with Gasteiger partial charge in [-0.25, -0.2) is 13.6 Å². The van der Waals surface area contributed by atoms with Crippen LogP contribution in [0, 0.1) is 0 Å². The monoisotopic (exact) mass is 454 g/mol. The lowest BCUT2D eigenvalue weighted by Crippen LogP contribution is -2.30. The molecule has 1 atom stereocenters. The van der Waals surface area contributed by atoms with Crippen LogP contribution < -0.4 is 9.88 Å². The Hall–Kier alpha value is -1.90. The maximum atomic E-state index is 12.6. The van der Waals surface area contributed by atoms with Gasteiger partial charge in [-0.05, 0) is 64.7 Å². The predicted molar refractivity (Wildman–Crippen MR) is 108 cm³/mol. The van der Waals surface area contributed by atoms with Crippen LogP contribution in [0.15, 0.2) is 51.8 Å². The van der Waals surface area contributed by atoms with Crippen LogP contribution in [0.3, 0.4) is 0 Å². The van der Waals surface area contributed by atoms with E-state index in [0.29, 0.717) is 18.4 Å². The normalized spacial score (nSPS) is 12.5. The molecule has 0 radical (unpaired) electrons. The average Bonchev–Trinajstić information content (AvgIpc) is 2.64. The molecule has 2 aromatic carbocycles. The number of amides is 1. The van der Waals surface area contributed by atoms with Crippen molar-refractivity contribution in [2.45, 2.75) is 30.7 Å². The number of benzene rings is 2. The Morgan fingerprint density at radius 2 is 1.96 bits per heavy atom. The lowest BCUT2D eigenvalue weighted by molar-refractivity contribution is -0.131. The second-order valence-corrected chi connectivity index (χ2v) is 8.68. The quantitative estimate of drug-likeness (QED) is 0.694. The fourth-order valence-corrected chi connectivity index (χ4v) is 3.84.